The summed E-state index contributed by atoms with van der Waals surface area (Å²) in [4.78, 5) is 2.61. The molecule has 0 nitrogen and oxygen atoms in total. The van der Waals surface area contributed by atoms with E-state index in [0.717, 1.165) is 12.8 Å². The number of hydrogen-bond donors (Lipinski definition) is 0. The Bertz CT molecular complexity index is 752. The SMILES string of the molecule is C(=C\C(CCc1ccccc1)Sc1ccccc1)/Sc1ccccc1. The summed E-state index contributed by atoms with van der Waals surface area (Å²) in [5.74, 6) is 0. The second-order valence-corrected chi connectivity index (χ2v) is 8.04. The molecule has 0 amide bonds. The van der Waals surface area contributed by atoms with Crippen LogP contribution in [0.2, 0.25) is 0 Å². The molecule has 0 aliphatic heterocycles. The van der Waals surface area contributed by atoms with Crippen LogP contribution in [0, 0.1) is 0 Å². The van der Waals surface area contributed by atoms with Crippen molar-refractivity contribution in [2.24, 2.45) is 0 Å². The van der Waals surface area contributed by atoms with Gasteiger partial charge in [-0.2, -0.15) is 0 Å². The van der Waals surface area contributed by atoms with Crippen molar-refractivity contribution in [1.82, 2.24) is 0 Å². The fourth-order valence-corrected chi connectivity index (χ4v) is 4.42. The van der Waals surface area contributed by atoms with Gasteiger partial charge < -0.3 is 0 Å². The predicted octanol–water partition coefficient (Wildman–Crippen LogP) is 7.09. The zero-order chi connectivity index (χ0) is 17.2. The average molecular weight is 363 g/mol. The van der Waals surface area contributed by atoms with E-state index < -0.39 is 0 Å². The van der Waals surface area contributed by atoms with E-state index in [-0.39, 0.29) is 0 Å². The smallest absolute Gasteiger partial charge is 0.0285 e. The van der Waals surface area contributed by atoms with Gasteiger partial charge in [0, 0.05) is 15.0 Å². The molecule has 0 aliphatic rings. The third-order valence-electron chi connectivity index (χ3n) is 3.83. The maximum absolute atomic E-state index is 2.35. The first-order valence-electron chi connectivity index (χ1n) is 8.54. The van der Waals surface area contributed by atoms with Gasteiger partial charge in [-0.1, -0.05) is 84.6 Å². The molecule has 3 rings (SSSR count). The van der Waals surface area contributed by atoms with Crippen LogP contribution in [0.25, 0.3) is 0 Å². The van der Waals surface area contributed by atoms with Gasteiger partial charge in [0.05, 0.1) is 0 Å². The zero-order valence-corrected chi connectivity index (χ0v) is 15.8. The van der Waals surface area contributed by atoms with Crippen molar-refractivity contribution in [2.75, 3.05) is 0 Å². The molecule has 1 atom stereocenters. The molecule has 0 spiro atoms. The minimum atomic E-state index is 0.471. The molecular formula is C23H22S2. The van der Waals surface area contributed by atoms with E-state index in [4.69, 9.17) is 0 Å². The van der Waals surface area contributed by atoms with E-state index in [0.29, 0.717) is 5.25 Å². The highest BCUT2D eigenvalue weighted by Crippen LogP contribution is 2.29. The molecule has 0 aromatic heterocycles. The van der Waals surface area contributed by atoms with Crippen molar-refractivity contribution < 1.29 is 0 Å². The minimum Gasteiger partial charge on any atom is -0.119 e. The van der Waals surface area contributed by atoms with Crippen molar-refractivity contribution in [1.29, 1.82) is 0 Å². The molecule has 2 heteroatoms. The Morgan fingerprint density at radius 3 is 1.88 bits per heavy atom. The van der Waals surface area contributed by atoms with Crippen LogP contribution >= 0.6 is 23.5 Å². The summed E-state index contributed by atoms with van der Waals surface area (Å²) in [6.45, 7) is 0. The number of aryl methyl sites for hydroxylation is 1. The number of benzene rings is 3. The fraction of sp³-hybridized carbons (Fsp3) is 0.130. The zero-order valence-electron chi connectivity index (χ0n) is 14.1. The lowest BCUT2D eigenvalue weighted by Crippen LogP contribution is -2.00. The van der Waals surface area contributed by atoms with Gasteiger partial charge in [0.1, 0.15) is 0 Å². The highest BCUT2D eigenvalue weighted by molar-refractivity contribution is 8.02. The molecule has 3 aromatic rings. The molecule has 0 saturated heterocycles. The Hall–Kier alpha value is -1.90. The molecule has 0 heterocycles. The lowest BCUT2D eigenvalue weighted by Gasteiger charge is -2.13. The summed E-state index contributed by atoms with van der Waals surface area (Å²) < 4.78 is 0. The fourth-order valence-electron chi connectivity index (χ4n) is 2.53. The Kier molecular flexibility index (Phi) is 7.29. The first-order valence-corrected chi connectivity index (χ1v) is 10.3. The van der Waals surface area contributed by atoms with E-state index in [1.807, 2.05) is 11.8 Å². The number of rotatable bonds is 8. The van der Waals surface area contributed by atoms with Gasteiger partial charge in [0.25, 0.3) is 0 Å². The predicted molar refractivity (Wildman–Crippen MR) is 112 cm³/mol. The Balaban J connectivity index is 1.63. The van der Waals surface area contributed by atoms with E-state index in [9.17, 15) is 0 Å². The second kappa shape index (κ2) is 10.2. The minimum absolute atomic E-state index is 0.471. The third kappa shape index (κ3) is 6.49. The quantitative estimate of drug-likeness (QED) is 0.392. The first kappa shape index (κ1) is 17.9. The summed E-state index contributed by atoms with van der Waals surface area (Å²) >= 11 is 3.73. The van der Waals surface area contributed by atoms with Crippen molar-refractivity contribution >= 4 is 23.5 Å². The monoisotopic (exact) mass is 362 g/mol. The standard InChI is InChI=1S/C23H22S2/c1-4-10-20(11-5-1)16-17-23(25-22-14-8-3-9-15-22)18-19-24-21-12-6-2-7-13-21/h1-15,18-19,23H,16-17H2/b19-18+. The van der Waals surface area contributed by atoms with Crippen molar-refractivity contribution in [3.05, 3.63) is 108 Å². The van der Waals surface area contributed by atoms with Gasteiger partial charge in [0.15, 0.2) is 0 Å². The molecular weight excluding hydrogens is 340 g/mol. The van der Waals surface area contributed by atoms with Crippen LogP contribution < -0.4 is 0 Å². The molecule has 1 unspecified atom stereocenters. The number of hydrogen-bond acceptors (Lipinski definition) is 2. The summed E-state index contributed by atoms with van der Waals surface area (Å²) in [5.41, 5.74) is 1.41. The topological polar surface area (TPSA) is 0 Å². The number of thioether (sulfide) groups is 2. The van der Waals surface area contributed by atoms with Crippen LogP contribution in [0.3, 0.4) is 0 Å². The maximum atomic E-state index is 2.35. The van der Waals surface area contributed by atoms with Gasteiger partial charge >= 0.3 is 0 Å². The van der Waals surface area contributed by atoms with Crippen LogP contribution in [0.15, 0.2) is 112 Å². The normalized spacial score (nSPS) is 12.3. The average Bonchev–Trinajstić information content (AvgIpc) is 2.68. The van der Waals surface area contributed by atoms with Crippen LogP contribution in [-0.2, 0) is 6.42 Å². The van der Waals surface area contributed by atoms with Crippen LogP contribution in [0.4, 0.5) is 0 Å². The van der Waals surface area contributed by atoms with Crippen LogP contribution in [0.5, 0.6) is 0 Å². The van der Waals surface area contributed by atoms with E-state index in [1.54, 1.807) is 11.8 Å². The summed E-state index contributed by atoms with van der Waals surface area (Å²) in [7, 11) is 0. The second-order valence-electron chi connectivity index (χ2n) is 5.75. The first-order chi connectivity index (χ1) is 12.4. The molecule has 0 N–H and O–H groups in total. The largest absolute Gasteiger partial charge is 0.119 e. The lowest BCUT2D eigenvalue weighted by atomic mass is 10.1. The summed E-state index contributed by atoms with van der Waals surface area (Å²) in [5, 5.41) is 2.71. The van der Waals surface area contributed by atoms with Gasteiger partial charge in [0.2, 0.25) is 0 Å². The third-order valence-corrected chi connectivity index (χ3v) is 5.91. The van der Waals surface area contributed by atoms with Gasteiger partial charge in [-0.15, -0.1) is 11.8 Å². The van der Waals surface area contributed by atoms with Crippen molar-refractivity contribution in [2.45, 2.75) is 27.9 Å². The molecule has 0 bridgehead atoms. The molecule has 0 aliphatic carbocycles. The van der Waals surface area contributed by atoms with E-state index in [2.05, 4.69) is 102 Å². The Morgan fingerprint density at radius 1 is 0.680 bits per heavy atom. The van der Waals surface area contributed by atoms with E-state index >= 15 is 0 Å². The highest BCUT2D eigenvalue weighted by Gasteiger charge is 2.07. The lowest BCUT2D eigenvalue weighted by molar-refractivity contribution is 0.857. The van der Waals surface area contributed by atoms with Gasteiger partial charge in [-0.05, 0) is 48.1 Å². The van der Waals surface area contributed by atoms with Crippen molar-refractivity contribution in [3.63, 3.8) is 0 Å². The molecule has 126 valence electrons. The summed E-state index contributed by atoms with van der Waals surface area (Å²) in [6.07, 6.45) is 4.58. The van der Waals surface area contributed by atoms with Gasteiger partial charge in [-0.3, -0.25) is 0 Å². The molecule has 25 heavy (non-hydrogen) atoms. The molecule has 0 fully saturated rings. The van der Waals surface area contributed by atoms with Crippen LogP contribution in [0.1, 0.15) is 12.0 Å². The van der Waals surface area contributed by atoms with Gasteiger partial charge in [-0.25, -0.2) is 0 Å². The Morgan fingerprint density at radius 2 is 1.24 bits per heavy atom. The highest BCUT2D eigenvalue weighted by atomic mass is 32.2. The molecule has 0 saturated carbocycles. The van der Waals surface area contributed by atoms with E-state index in [1.165, 1.54) is 15.4 Å². The van der Waals surface area contributed by atoms with Crippen molar-refractivity contribution in [3.8, 4) is 0 Å². The maximum Gasteiger partial charge on any atom is 0.0285 e. The molecule has 0 radical (unpaired) electrons. The van der Waals surface area contributed by atoms with Crippen LogP contribution in [-0.4, -0.2) is 5.25 Å². The summed E-state index contributed by atoms with van der Waals surface area (Å²) in [6, 6.07) is 32.0. The Labute approximate surface area is 159 Å². The molecule has 3 aromatic carbocycles.